The minimum Gasteiger partial charge on any atom is -0.444 e. The van der Waals surface area contributed by atoms with E-state index in [0.717, 1.165) is 0 Å². The van der Waals surface area contributed by atoms with Crippen LogP contribution in [0.2, 0.25) is 0 Å². The lowest BCUT2D eigenvalue weighted by Gasteiger charge is -2.26. The monoisotopic (exact) mass is 255 g/mol. The summed E-state index contributed by atoms with van der Waals surface area (Å²) in [5.41, 5.74) is -0.505. The first-order chi connectivity index (χ1) is 8.21. The van der Waals surface area contributed by atoms with Crippen molar-refractivity contribution in [3.8, 4) is 6.07 Å². The first-order valence-electron chi connectivity index (χ1n) is 6.25. The number of nitriles is 1. The SMILES string of the molecule is CNC(C#N)C(CNC(=O)OC(C)(C)C)C(C)C. The molecule has 0 saturated carbocycles. The molecule has 0 aromatic rings. The molecule has 0 radical (unpaired) electrons. The Morgan fingerprint density at radius 1 is 1.39 bits per heavy atom. The van der Waals surface area contributed by atoms with Gasteiger partial charge in [0.1, 0.15) is 5.60 Å². The highest BCUT2D eigenvalue weighted by Crippen LogP contribution is 2.14. The van der Waals surface area contributed by atoms with Crippen molar-refractivity contribution < 1.29 is 9.53 Å². The number of hydrogen-bond donors (Lipinski definition) is 2. The number of alkyl carbamates (subject to hydrolysis) is 1. The number of ether oxygens (including phenoxy) is 1. The Kier molecular flexibility index (Phi) is 6.71. The summed E-state index contributed by atoms with van der Waals surface area (Å²) in [4.78, 5) is 11.5. The molecule has 2 unspecified atom stereocenters. The van der Waals surface area contributed by atoms with Crippen molar-refractivity contribution in [3.63, 3.8) is 0 Å². The summed E-state index contributed by atoms with van der Waals surface area (Å²) in [6.07, 6.45) is -0.444. The smallest absolute Gasteiger partial charge is 0.407 e. The maximum Gasteiger partial charge on any atom is 0.407 e. The van der Waals surface area contributed by atoms with Gasteiger partial charge in [0.05, 0.1) is 12.1 Å². The molecule has 0 aromatic carbocycles. The molecular formula is C13H25N3O2. The molecule has 0 aromatic heterocycles. The van der Waals surface area contributed by atoms with Gasteiger partial charge >= 0.3 is 6.09 Å². The fourth-order valence-corrected chi connectivity index (χ4v) is 1.63. The van der Waals surface area contributed by atoms with Crippen molar-refractivity contribution in [3.05, 3.63) is 0 Å². The Balaban J connectivity index is 4.38. The lowest BCUT2D eigenvalue weighted by atomic mass is 9.89. The number of rotatable bonds is 5. The van der Waals surface area contributed by atoms with Gasteiger partial charge in [-0.15, -0.1) is 0 Å². The van der Waals surface area contributed by atoms with E-state index in [-0.39, 0.29) is 17.9 Å². The summed E-state index contributed by atoms with van der Waals surface area (Å²) >= 11 is 0. The average molecular weight is 255 g/mol. The molecule has 0 fully saturated rings. The number of hydrogen-bond acceptors (Lipinski definition) is 4. The van der Waals surface area contributed by atoms with Crippen LogP contribution < -0.4 is 10.6 Å². The van der Waals surface area contributed by atoms with E-state index < -0.39 is 11.7 Å². The Bertz CT molecular complexity index is 302. The molecule has 0 aliphatic heterocycles. The van der Waals surface area contributed by atoms with Gasteiger partial charge in [0.15, 0.2) is 0 Å². The largest absolute Gasteiger partial charge is 0.444 e. The third-order valence-electron chi connectivity index (χ3n) is 2.62. The van der Waals surface area contributed by atoms with Crippen molar-refractivity contribution in [2.45, 2.75) is 46.3 Å². The van der Waals surface area contributed by atoms with Crippen molar-refractivity contribution >= 4 is 6.09 Å². The van der Waals surface area contributed by atoms with Gasteiger partial charge in [-0.05, 0) is 33.7 Å². The summed E-state index contributed by atoms with van der Waals surface area (Å²) in [6, 6.07) is 1.92. The summed E-state index contributed by atoms with van der Waals surface area (Å²) in [7, 11) is 1.75. The lowest BCUT2D eigenvalue weighted by molar-refractivity contribution is 0.0512. The van der Waals surface area contributed by atoms with Crippen LogP contribution in [0.5, 0.6) is 0 Å². The Morgan fingerprint density at radius 3 is 2.28 bits per heavy atom. The van der Waals surface area contributed by atoms with E-state index >= 15 is 0 Å². The molecule has 0 aliphatic rings. The van der Waals surface area contributed by atoms with Crippen molar-refractivity contribution in [1.82, 2.24) is 10.6 Å². The van der Waals surface area contributed by atoms with Gasteiger partial charge < -0.3 is 15.4 Å². The zero-order chi connectivity index (χ0) is 14.3. The molecule has 104 valence electrons. The molecule has 5 heteroatoms. The highest BCUT2D eigenvalue weighted by atomic mass is 16.6. The van der Waals surface area contributed by atoms with Crippen LogP contribution in [0.1, 0.15) is 34.6 Å². The molecule has 0 aliphatic carbocycles. The van der Waals surface area contributed by atoms with Crippen LogP contribution in [0, 0.1) is 23.2 Å². The van der Waals surface area contributed by atoms with Gasteiger partial charge in [-0.1, -0.05) is 13.8 Å². The Hall–Kier alpha value is -1.28. The predicted octanol–water partition coefficient (Wildman–Crippen LogP) is 1.89. The van der Waals surface area contributed by atoms with E-state index in [1.54, 1.807) is 7.05 Å². The van der Waals surface area contributed by atoms with Gasteiger partial charge in [-0.2, -0.15) is 5.26 Å². The summed E-state index contributed by atoms with van der Waals surface area (Å²) in [6.45, 7) is 9.94. The Morgan fingerprint density at radius 2 is 1.94 bits per heavy atom. The number of carbonyl (C=O) groups is 1. The fraction of sp³-hybridized carbons (Fsp3) is 0.846. The first-order valence-corrected chi connectivity index (χ1v) is 6.25. The molecule has 1 amide bonds. The molecule has 0 spiro atoms. The number of carbonyl (C=O) groups excluding carboxylic acids is 1. The molecular weight excluding hydrogens is 230 g/mol. The number of amides is 1. The zero-order valence-electron chi connectivity index (χ0n) is 12.2. The summed E-state index contributed by atoms with van der Waals surface area (Å²) in [5, 5.41) is 14.7. The van der Waals surface area contributed by atoms with Gasteiger partial charge in [-0.3, -0.25) is 0 Å². The molecule has 2 atom stereocenters. The van der Waals surface area contributed by atoms with Crippen LogP contribution in [-0.4, -0.2) is 31.3 Å². The third-order valence-corrected chi connectivity index (χ3v) is 2.62. The van der Waals surface area contributed by atoms with E-state index in [1.807, 2.05) is 34.6 Å². The molecule has 0 bridgehead atoms. The zero-order valence-corrected chi connectivity index (χ0v) is 12.2. The summed E-state index contributed by atoms with van der Waals surface area (Å²) < 4.78 is 5.16. The van der Waals surface area contributed by atoms with E-state index in [9.17, 15) is 4.79 Å². The van der Waals surface area contributed by atoms with Gasteiger partial charge in [-0.25, -0.2) is 4.79 Å². The van der Waals surface area contributed by atoms with Crippen molar-refractivity contribution in [2.75, 3.05) is 13.6 Å². The van der Waals surface area contributed by atoms with Gasteiger partial charge in [0, 0.05) is 12.5 Å². The second-order valence-electron chi connectivity index (χ2n) is 5.69. The number of nitrogens with one attached hydrogen (secondary N) is 2. The fourth-order valence-electron chi connectivity index (χ4n) is 1.63. The topological polar surface area (TPSA) is 74.2 Å². The Labute approximate surface area is 110 Å². The van der Waals surface area contributed by atoms with Crippen LogP contribution >= 0.6 is 0 Å². The molecule has 2 N–H and O–H groups in total. The molecule has 0 rings (SSSR count). The van der Waals surface area contributed by atoms with Gasteiger partial charge in [0.25, 0.3) is 0 Å². The summed E-state index contributed by atoms with van der Waals surface area (Å²) in [5.74, 6) is 0.338. The molecule has 5 nitrogen and oxygen atoms in total. The predicted molar refractivity (Wildman–Crippen MR) is 71.0 cm³/mol. The van der Waals surface area contributed by atoms with E-state index in [2.05, 4.69) is 16.7 Å². The standard InChI is InChI=1S/C13H25N3O2/c1-9(2)10(11(7-14)15-6)8-16-12(17)18-13(3,4)5/h9-11,15H,8H2,1-6H3,(H,16,17). The quantitative estimate of drug-likeness (QED) is 0.786. The van der Waals surface area contributed by atoms with E-state index in [1.165, 1.54) is 0 Å². The second kappa shape index (κ2) is 7.22. The third kappa shape index (κ3) is 6.45. The molecule has 18 heavy (non-hydrogen) atoms. The highest BCUT2D eigenvalue weighted by molar-refractivity contribution is 5.67. The van der Waals surface area contributed by atoms with Crippen molar-refractivity contribution in [1.29, 1.82) is 5.26 Å². The maximum atomic E-state index is 11.5. The minimum atomic E-state index is -0.505. The van der Waals surface area contributed by atoms with Crippen LogP contribution in [0.4, 0.5) is 4.79 Å². The molecule has 0 saturated heterocycles. The van der Waals surface area contributed by atoms with Crippen LogP contribution in [-0.2, 0) is 4.74 Å². The molecule has 0 heterocycles. The number of nitrogens with zero attached hydrogens (tertiary/aromatic N) is 1. The van der Waals surface area contributed by atoms with Crippen molar-refractivity contribution in [2.24, 2.45) is 11.8 Å². The van der Waals surface area contributed by atoms with Crippen LogP contribution in [0.15, 0.2) is 0 Å². The second-order valence-corrected chi connectivity index (χ2v) is 5.69. The minimum absolute atomic E-state index is 0.0486. The normalized spacial score (nSPS) is 14.8. The highest BCUT2D eigenvalue weighted by Gasteiger charge is 2.24. The van der Waals surface area contributed by atoms with E-state index in [0.29, 0.717) is 6.54 Å². The average Bonchev–Trinajstić information content (AvgIpc) is 2.21. The first kappa shape index (κ1) is 16.7. The maximum absolute atomic E-state index is 11.5. The van der Waals surface area contributed by atoms with Gasteiger partial charge in [0.2, 0.25) is 0 Å². The lowest BCUT2D eigenvalue weighted by Crippen LogP contribution is -2.43. The van der Waals surface area contributed by atoms with Crippen LogP contribution in [0.3, 0.4) is 0 Å². The van der Waals surface area contributed by atoms with Crippen LogP contribution in [0.25, 0.3) is 0 Å². The van der Waals surface area contributed by atoms with E-state index in [4.69, 9.17) is 10.00 Å².